The molecule has 0 saturated carbocycles. The number of nitrogens with one attached hydrogen (secondary N) is 1. The van der Waals surface area contributed by atoms with Crippen LogP contribution < -0.4 is 10.1 Å². The molecule has 0 amide bonds. The average molecular weight is 402 g/mol. The third kappa shape index (κ3) is 5.29. The van der Waals surface area contributed by atoms with Crippen LogP contribution in [0.1, 0.15) is 29.9 Å². The molecule has 4 rings (SSSR count). The largest absolute Gasteiger partial charge is 0.489 e. The molecule has 1 aromatic heterocycles. The summed E-state index contributed by atoms with van der Waals surface area (Å²) in [6, 6.07) is 28.3. The molecule has 0 fully saturated rings. The monoisotopic (exact) mass is 401 g/mol. The topological polar surface area (TPSA) is 54.6 Å². The van der Waals surface area contributed by atoms with Crippen LogP contribution in [0.4, 0.5) is 0 Å². The van der Waals surface area contributed by atoms with Gasteiger partial charge in [-0.3, -0.25) is 0 Å². The maximum Gasteiger partial charge on any atom is 0.135 e. The Labute approximate surface area is 177 Å². The summed E-state index contributed by atoms with van der Waals surface area (Å²) in [5, 5.41) is 14.9. The van der Waals surface area contributed by atoms with E-state index in [0.717, 1.165) is 28.7 Å². The van der Waals surface area contributed by atoms with Gasteiger partial charge in [-0.25, -0.2) is 0 Å². The zero-order valence-electron chi connectivity index (χ0n) is 17.1. The summed E-state index contributed by atoms with van der Waals surface area (Å²) in [6.07, 6.45) is 0.194. The van der Waals surface area contributed by atoms with Crippen molar-refractivity contribution in [3.8, 4) is 5.75 Å². The van der Waals surface area contributed by atoms with Gasteiger partial charge in [0.05, 0.1) is 0 Å². The molecule has 3 aromatic carbocycles. The number of aliphatic hydroxyl groups is 1. The summed E-state index contributed by atoms with van der Waals surface area (Å²) >= 11 is 0. The fourth-order valence-electron chi connectivity index (χ4n) is 3.47. The molecule has 154 valence electrons. The van der Waals surface area contributed by atoms with Gasteiger partial charge in [-0.1, -0.05) is 60.7 Å². The number of hydrogen-bond donors (Lipinski definition) is 2. The van der Waals surface area contributed by atoms with Crippen LogP contribution in [0.25, 0.3) is 11.0 Å². The van der Waals surface area contributed by atoms with Crippen molar-refractivity contribution in [3.63, 3.8) is 0 Å². The maximum atomic E-state index is 10.5. The number of benzene rings is 3. The predicted octanol–water partition coefficient (Wildman–Crippen LogP) is 5.27. The maximum absolute atomic E-state index is 10.5. The second-order valence-electron chi connectivity index (χ2n) is 7.63. The molecule has 0 aliphatic carbocycles. The van der Waals surface area contributed by atoms with Crippen LogP contribution >= 0.6 is 0 Å². The third-order valence-electron chi connectivity index (χ3n) is 5.15. The van der Waals surface area contributed by atoms with Gasteiger partial charge in [0, 0.05) is 18.0 Å². The molecule has 0 radical (unpaired) electrons. The molecular weight excluding hydrogens is 374 g/mol. The van der Waals surface area contributed by atoms with Crippen molar-refractivity contribution < 1.29 is 14.3 Å². The average Bonchev–Trinajstić information content (AvgIpc) is 3.22. The fraction of sp³-hybridized carbons (Fsp3) is 0.231. The van der Waals surface area contributed by atoms with E-state index in [2.05, 4.69) is 36.5 Å². The van der Waals surface area contributed by atoms with Crippen LogP contribution in [0.3, 0.4) is 0 Å². The molecule has 2 unspecified atom stereocenters. The first kappa shape index (κ1) is 20.2. The van der Waals surface area contributed by atoms with Crippen molar-refractivity contribution in [1.82, 2.24) is 5.32 Å². The number of ether oxygens (including phenoxy) is 1. The molecule has 4 heteroatoms. The summed E-state index contributed by atoms with van der Waals surface area (Å²) in [5.74, 6) is 1.46. The minimum absolute atomic E-state index is 0.222. The van der Waals surface area contributed by atoms with E-state index in [9.17, 15) is 5.11 Å². The van der Waals surface area contributed by atoms with Gasteiger partial charge in [0.15, 0.2) is 0 Å². The molecule has 0 aliphatic heterocycles. The zero-order valence-corrected chi connectivity index (χ0v) is 17.1. The van der Waals surface area contributed by atoms with E-state index in [1.54, 1.807) is 0 Å². The zero-order chi connectivity index (χ0) is 20.8. The Bertz CT molecular complexity index is 1020. The Morgan fingerprint density at radius 1 is 0.900 bits per heavy atom. The summed E-state index contributed by atoms with van der Waals surface area (Å²) in [7, 11) is 0. The van der Waals surface area contributed by atoms with Crippen molar-refractivity contribution in [2.24, 2.45) is 0 Å². The van der Waals surface area contributed by atoms with Crippen molar-refractivity contribution in [2.75, 3.05) is 6.54 Å². The highest BCUT2D eigenvalue weighted by atomic mass is 16.5. The Morgan fingerprint density at radius 2 is 1.63 bits per heavy atom. The van der Waals surface area contributed by atoms with E-state index in [0.29, 0.717) is 18.9 Å². The van der Waals surface area contributed by atoms with Gasteiger partial charge in [-0.2, -0.15) is 0 Å². The molecule has 2 atom stereocenters. The van der Waals surface area contributed by atoms with Crippen LogP contribution in [0.15, 0.2) is 89.3 Å². The van der Waals surface area contributed by atoms with E-state index >= 15 is 0 Å². The Kier molecular flexibility index (Phi) is 6.47. The van der Waals surface area contributed by atoms with Gasteiger partial charge in [0.25, 0.3) is 0 Å². The molecular formula is C26H27NO3. The lowest BCUT2D eigenvalue weighted by atomic mass is 10.1. The van der Waals surface area contributed by atoms with Crippen LogP contribution in [0.2, 0.25) is 0 Å². The number of rotatable bonds is 9. The summed E-state index contributed by atoms with van der Waals surface area (Å²) < 4.78 is 11.6. The lowest BCUT2D eigenvalue weighted by Gasteiger charge is -2.16. The van der Waals surface area contributed by atoms with Gasteiger partial charge in [-0.15, -0.1) is 0 Å². The van der Waals surface area contributed by atoms with Gasteiger partial charge in [0.1, 0.15) is 29.8 Å². The highest BCUT2D eigenvalue weighted by Crippen LogP contribution is 2.23. The second-order valence-corrected chi connectivity index (χ2v) is 7.63. The number of hydrogen-bond acceptors (Lipinski definition) is 4. The van der Waals surface area contributed by atoms with Gasteiger partial charge in [-0.05, 0) is 48.7 Å². The lowest BCUT2D eigenvalue weighted by Crippen LogP contribution is -2.31. The SMILES string of the molecule is CC(Cc1ccc(OCc2ccccc2)cc1)NCC(O)c1cc2ccccc2o1. The minimum atomic E-state index is -0.673. The van der Waals surface area contributed by atoms with Crippen LogP contribution in [0, 0.1) is 0 Å². The normalized spacial score (nSPS) is 13.3. The molecule has 4 nitrogen and oxygen atoms in total. The number of aliphatic hydroxyl groups excluding tert-OH is 1. The standard InChI is InChI=1S/C26H27NO3/c1-19(27-17-24(28)26-16-22-9-5-6-10-25(22)30-26)15-20-11-13-23(14-12-20)29-18-21-7-3-2-4-8-21/h2-14,16,19,24,27-28H,15,17-18H2,1H3. The van der Waals surface area contributed by atoms with Crippen LogP contribution in [0.5, 0.6) is 5.75 Å². The fourth-order valence-corrected chi connectivity index (χ4v) is 3.47. The molecule has 0 bridgehead atoms. The molecule has 0 spiro atoms. The van der Waals surface area contributed by atoms with Gasteiger partial charge in [0.2, 0.25) is 0 Å². The summed E-state index contributed by atoms with van der Waals surface area (Å²) in [4.78, 5) is 0. The highest BCUT2D eigenvalue weighted by molar-refractivity contribution is 5.77. The first-order valence-corrected chi connectivity index (χ1v) is 10.3. The summed E-state index contributed by atoms with van der Waals surface area (Å²) in [6.45, 7) is 3.13. The third-order valence-corrected chi connectivity index (χ3v) is 5.15. The van der Waals surface area contributed by atoms with Crippen molar-refractivity contribution in [3.05, 3.63) is 102 Å². The van der Waals surface area contributed by atoms with Crippen LogP contribution in [-0.4, -0.2) is 17.7 Å². The number of fused-ring (bicyclic) bond motifs is 1. The first-order chi connectivity index (χ1) is 14.7. The smallest absolute Gasteiger partial charge is 0.135 e. The van der Waals surface area contributed by atoms with E-state index in [4.69, 9.17) is 9.15 Å². The molecule has 30 heavy (non-hydrogen) atoms. The molecule has 1 heterocycles. The predicted molar refractivity (Wildman–Crippen MR) is 120 cm³/mol. The Morgan fingerprint density at radius 3 is 2.40 bits per heavy atom. The molecule has 0 saturated heterocycles. The van der Waals surface area contributed by atoms with E-state index in [1.165, 1.54) is 5.56 Å². The lowest BCUT2D eigenvalue weighted by molar-refractivity contribution is 0.146. The van der Waals surface area contributed by atoms with Crippen molar-refractivity contribution in [2.45, 2.75) is 32.1 Å². The quantitative estimate of drug-likeness (QED) is 0.401. The van der Waals surface area contributed by atoms with Crippen LogP contribution in [-0.2, 0) is 13.0 Å². The van der Waals surface area contributed by atoms with Crippen molar-refractivity contribution >= 4 is 11.0 Å². The van der Waals surface area contributed by atoms with E-state index in [-0.39, 0.29) is 6.04 Å². The Balaban J connectivity index is 1.24. The molecule has 2 N–H and O–H groups in total. The second kappa shape index (κ2) is 9.61. The van der Waals surface area contributed by atoms with Crippen molar-refractivity contribution in [1.29, 1.82) is 0 Å². The summed E-state index contributed by atoms with van der Waals surface area (Å²) in [5.41, 5.74) is 3.18. The molecule has 0 aliphatic rings. The first-order valence-electron chi connectivity index (χ1n) is 10.3. The number of para-hydroxylation sites is 1. The van der Waals surface area contributed by atoms with E-state index < -0.39 is 6.10 Å². The highest BCUT2D eigenvalue weighted by Gasteiger charge is 2.14. The number of furan rings is 1. The Hall–Kier alpha value is -3.08. The van der Waals surface area contributed by atoms with E-state index in [1.807, 2.05) is 60.7 Å². The van der Waals surface area contributed by atoms with Gasteiger partial charge < -0.3 is 19.6 Å². The van der Waals surface area contributed by atoms with Gasteiger partial charge >= 0.3 is 0 Å². The minimum Gasteiger partial charge on any atom is -0.489 e. The molecule has 4 aromatic rings.